The highest BCUT2D eigenvalue weighted by atomic mass is 35.5. The third-order valence-corrected chi connectivity index (χ3v) is 2.97. The van der Waals surface area contributed by atoms with Crippen molar-refractivity contribution in [1.82, 2.24) is 0 Å². The van der Waals surface area contributed by atoms with Crippen molar-refractivity contribution in [3.63, 3.8) is 0 Å². The van der Waals surface area contributed by atoms with Gasteiger partial charge in [0.1, 0.15) is 5.75 Å². The number of hydrogen-bond donors (Lipinski definition) is 1. The lowest BCUT2D eigenvalue weighted by atomic mass is 10.0. The summed E-state index contributed by atoms with van der Waals surface area (Å²) in [5.41, 5.74) is 8.31. The van der Waals surface area contributed by atoms with Gasteiger partial charge in [-0.25, -0.2) is 0 Å². The zero-order valence-electron chi connectivity index (χ0n) is 10.6. The molecule has 1 unspecified atom stereocenters. The normalized spacial score (nSPS) is 16.2. The zero-order chi connectivity index (χ0) is 11.5. The molecule has 1 aromatic rings. The molecule has 1 atom stereocenters. The van der Waals surface area contributed by atoms with Crippen LogP contribution in [0, 0.1) is 12.8 Å². The van der Waals surface area contributed by atoms with Gasteiger partial charge in [0.25, 0.3) is 0 Å². The van der Waals surface area contributed by atoms with Gasteiger partial charge in [0.05, 0.1) is 6.61 Å². The molecule has 0 amide bonds. The van der Waals surface area contributed by atoms with Crippen molar-refractivity contribution >= 4 is 12.4 Å². The summed E-state index contributed by atoms with van der Waals surface area (Å²) in [7, 11) is 0. The van der Waals surface area contributed by atoms with Gasteiger partial charge >= 0.3 is 0 Å². The second-order valence-corrected chi connectivity index (χ2v) is 5.04. The first-order valence-electron chi connectivity index (χ1n) is 6.13. The predicted octanol–water partition coefficient (Wildman–Crippen LogP) is 3.10. The summed E-state index contributed by atoms with van der Waals surface area (Å²) >= 11 is 0. The summed E-state index contributed by atoms with van der Waals surface area (Å²) in [6.07, 6.45) is 3.60. The molecule has 1 aliphatic rings. The van der Waals surface area contributed by atoms with Crippen molar-refractivity contribution in [2.75, 3.05) is 6.61 Å². The van der Waals surface area contributed by atoms with Crippen LogP contribution in [0.15, 0.2) is 18.2 Å². The predicted molar refractivity (Wildman–Crippen MR) is 74.0 cm³/mol. The van der Waals surface area contributed by atoms with Crippen LogP contribution in [0.4, 0.5) is 0 Å². The second kappa shape index (κ2) is 6.27. The Kier molecular flexibility index (Phi) is 5.29. The van der Waals surface area contributed by atoms with E-state index in [9.17, 15) is 0 Å². The standard InChI is InChI=1S/C14H21NO.ClH/c1-10-7-13(8-11(2)15)5-6-14(10)16-9-12-3-4-12;/h5-7,11-12H,3-4,8-9,15H2,1-2H3;1H. The van der Waals surface area contributed by atoms with Gasteiger partial charge in [0, 0.05) is 6.04 Å². The summed E-state index contributed by atoms with van der Waals surface area (Å²) < 4.78 is 5.79. The van der Waals surface area contributed by atoms with E-state index >= 15 is 0 Å². The molecule has 2 rings (SSSR count). The molecule has 1 aromatic carbocycles. The van der Waals surface area contributed by atoms with Crippen molar-refractivity contribution in [2.45, 2.75) is 39.2 Å². The molecule has 1 saturated carbocycles. The lowest BCUT2D eigenvalue weighted by Gasteiger charge is -2.11. The molecule has 3 heteroatoms. The molecular formula is C14H22ClNO. The number of aryl methyl sites for hydroxylation is 1. The molecule has 1 fully saturated rings. The first-order valence-corrected chi connectivity index (χ1v) is 6.13. The minimum absolute atomic E-state index is 0. The van der Waals surface area contributed by atoms with E-state index in [0.29, 0.717) is 0 Å². The first-order chi connectivity index (χ1) is 7.65. The van der Waals surface area contributed by atoms with E-state index in [1.54, 1.807) is 0 Å². The van der Waals surface area contributed by atoms with Gasteiger partial charge in [0.2, 0.25) is 0 Å². The van der Waals surface area contributed by atoms with Crippen LogP contribution in [0.25, 0.3) is 0 Å². The van der Waals surface area contributed by atoms with Crippen molar-refractivity contribution in [3.05, 3.63) is 29.3 Å². The topological polar surface area (TPSA) is 35.2 Å². The van der Waals surface area contributed by atoms with Gasteiger partial charge < -0.3 is 10.5 Å². The van der Waals surface area contributed by atoms with Crippen LogP contribution in [0.2, 0.25) is 0 Å². The number of benzene rings is 1. The highest BCUT2D eigenvalue weighted by Gasteiger charge is 2.22. The van der Waals surface area contributed by atoms with Gasteiger partial charge in [-0.1, -0.05) is 12.1 Å². The summed E-state index contributed by atoms with van der Waals surface area (Å²) in [5.74, 6) is 1.84. The Morgan fingerprint density at radius 3 is 2.65 bits per heavy atom. The van der Waals surface area contributed by atoms with Gasteiger partial charge in [0.15, 0.2) is 0 Å². The average Bonchev–Trinajstić information content (AvgIpc) is 2.99. The largest absolute Gasteiger partial charge is 0.493 e. The zero-order valence-corrected chi connectivity index (χ0v) is 11.4. The third-order valence-electron chi connectivity index (χ3n) is 2.97. The number of halogens is 1. The molecule has 0 aliphatic heterocycles. The fourth-order valence-corrected chi connectivity index (χ4v) is 1.86. The highest BCUT2D eigenvalue weighted by Crippen LogP contribution is 2.30. The van der Waals surface area contributed by atoms with E-state index in [-0.39, 0.29) is 18.4 Å². The molecule has 0 bridgehead atoms. The maximum absolute atomic E-state index is 5.79. The van der Waals surface area contributed by atoms with Gasteiger partial charge in [-0.3, -0.25) is 0 Å². The molecule has 0 saturated heterocycles. The van der Waals surface area contributed by atoms with Crippen LogP contribution < -0.4 is 10.5 Å². The number of rotatable bonds is 5. The van der Waals surface area contributed by atoms with Gasteiger partial charge in [-0.15, -0.1) is 12.4 Å². The van der Waals surface area contributed by atoms with Crippen LogP contribution >= 0.6 is 12.4 Å². The Hall–Kier alpha value is -0.730. The average molecular weight is 256 g/mol. The maximum atomic E-state index is 5.79. The van der Waals surface area contributed by atoms with E-state index in [4.69, 9.17) is 10.5 Å². The van der Waals surface area contributed by atoms with Crippen LogP contribution in [-0.4, -0.2) is 12.6 Å². The molecule has 2 nitrogen and oxygen atoms in total. The maximum Gasteiger partial charge on any atom is 0.122 e. The molecule has 0 heterocycles. The quantitative estimate of drug-likeness (QED) is 0.878. The molecule has 96 valence electrons. The third kappa shape index (κ3) is 4.57. The van der Waals surface area contributed by atoms with Crippen LogP contribution in [0.5, 0.6) is 5.75 Å². The first kappa shape index (κ1) is 14.3. The Morgan fingerprint density at radius 1 is 1.41 bits per heavy atom. The summed E-state index contributed by atoms with van der Waals surface area (Å²) in [6, 6.07) is 6.61. The lowest BCUT2D eigenvalue weighted by molar-refractivity contribution is 0.298. The second-order valence-electron chi connectivity index (χ2n) is 5.04. The van der Waals surface area contributed by atoms with E-state index in [1.165, 1.54) is 24.0 Å². The molecule has 2 N–H and O–H groups in total. The minimum atomic E-state index is 0. The molecule has 17 heavy (non-hydrogen) atoms. The van der Waals surface area contributed by atoms with Crippen molar-refractivity contribution in [3.8, 4) is 5.75 Å². The minimum Gasteiger partial charge on any atom is -0.493 e. The lowest BCUT2D eigenvalue weighted by Crippen LogP contribution is -2.17. The van der Waals surface area contributed by atoms with Gasteiger partial charge in [-0.05, 0) is 56.2 Å². The highest BCUT2D eigenvalue weighted by molar-refractivity contribution is 5.85. The number of ether oxygens (including phenoxy) is 1. The van der Waals surface area contributed by atoms with E-state index in [0.717, 1.165) is 24.7 Å². The summed E-state index contributed by atoms with van der Waals surface area (Å²) in [6.45, 7) is 5.02. The number of nitrogens with two attached hydrogens (primary N) is 1. The van der Waals surface area contributed by atoms with E-state index < -0.39 is 0 Å². The Balaban J connectivity index is 0.00000144. The smallest absolute Gasteiger partial charge is 0.122 e. The monoisotopic (exact) mass is 255 g/mol. The van der Waals surface area contributed by atoms with Crippen molar-refractivity contribution in [1.29, 1.82) is 0 Å². The molecule has 0 radical (unpaired) electrons. The fraction of sp³-hybridized carbons (Fsp3) is 0.571. The fourth-order valence-electron chi connectivity index (χ4n) is 1.86. The molecule has 0 aromatic heterocycles. The number of hydrogen-bond acceptors (Lipinski definition) is 2. The molecule has 0 spiro atoms. The Morgan fingerprint density at radius 2 is 2.12 bits per heavy atom. The Bertz CT molecular complexity index is 361. The molecule has 1 aliphatic carbocycles. The van der Waals surface area contributed by atoms with Crippen molar-refractivity contribution in [2.24, 2.45) is 11.7 Å². The molecular weight excluding hydrogens is 234 g/mol. The van der Waals surface area contributed by atoms with E-state index in [2.05, 4.69) is 25.1 Å². The SMILES string of the molecule is Cc1cc(CC(C)N)ccc1OCC1CC1.Cl. The van der Waals surface area contributed by atoms with Crippen LogP contribution in [-0.2, 0) is 6.42 Å². The summed E-state index contributed by atoms with van der Waals surface area (Å²) in [5, 5.41) is 0. The van der Waals surface area contributed by atoms with Gasteiger partial charge in [-0.2, -0.15) is 0 Å². The van der Waals surface area contributed by atoms with Crippen LogP contribution in [0.1, 0.15) is 30.9 Å². The van der Waals surface area contributed by atoms with Crippen LogP contribution in [0.3, 0.4) is 0 Å². The Labute approximate surface area is 110 Å². The van der Waals surface area contributed by atoms with Crippen molar-refractivity contribution < 1.29 is 4.74 Å². The summed E-state index contributed by atoms with van der Waals surface area (Å²) in [4.78, 5) is 0. The van der Waals surface area contributed by atoms with E-state index in [1.807, 2.05) is 6.92 Å².